The minimum absolute atomic E-state index is 0.0793. The zero-order chi connectivity index (χ0) is 22.4. The SMILES string of the molecule is Cc1cc(/C=N\NC(=O)c2ccc([N+](=O)[O-])cc2)cc(C)c1OCc1ccc(Cl)cc1. The lowest BCUT2D eigenvalue weighted by molar-refractivity contribution is -0.384. The molecule has 0 aliphatic heterocycles. The summed E-state index contributed by atoms with van der Waals surface area (Å²) in [5.74, 6) is 0.338. The van der Waals surface area contributed by atoms with E-state index in [9.17, 15) is 14.9 Å². The number of halogens is 1. The summed E-state index contributed by atoms with van der Waals surface area (Å²) < 4.78 is 5.97. The predicted molar refractivity (Wildman–Crippen MR) is 120 cm³/mol. The van der Waals surface area contributed by atoms with E-state index >= 15 is 0 Å². The zero-order valence-corrected chi connectivity index (χ0v) is 17.7. The number of nitrogens with one attached hydrogen (secondary N) is 1. The minimum Gasteiger partial charge on any atom is -0.488 e. The van der Waals surface area contributed by atoms with E-state index in [1.165, 1.54) is 30.5 Å². The summed E-state index contributed by atoms with van der Waals surface area (Å²) in [5, 5.41) is 15.3. The molecular formula is C23H20ClN3O4. The number of hydrogen-bond acceptors (Lipinski definition) is 5. The standard InChI is InChI=1S/C23H20ClN3O4/c1-15-11-18(12-16(2)22(15)31-14-17-3-7-20(24)8-4-17)13-25-26-23(28)19-5-9-21(10-6-19)27(29)30/h3-13H,14H2,1-2H3,(H,26,28)/b25-13-. The van der Waals surface area contributed by atoms with Crippen molar-refractivity contribution in [1.29, 1.82) is 0 Å². The van der Waals surface area contributed by atoms with Crippen LogP contribution in [0.1, 0.15) is 32.6 Å². The molecule has 0 saturated heterocycles. The number of carbonyl (C=O) groups is 1. The second-order valence-electron chi connectivity index (χ2n) is 6.90. The molecule has 0 aromatic heterocycles. The van der Waals surface area contributed by atoms with Crippen LogP contribution >= 0.6 is 11.6 Å². The van der Waals surface area contributed by atoms with Crippen LogP contribution in [0.25, 0.3) is 0 Å². The van der Waals surface area contributed by atoms with Gasteiger partial charge in [0.15, 0.2) is 0 Å². The number of hydrogen-bond donors (Lipinski definition) is 1. The third-order valence-electron chi connectivity index (χ3n) is 4.50. The van der Waals surface area contributed by atoms with E-state index in [1.54, 1.807) is 0 Å². The van der Waals surface area contributed by atoms with Crippen molar-refractivity contribution >= 4 is 29.4 Å². The number of benzene rings is 3. The number of non-ortho nitro benzene ring substituents is 1. The van der Waals surface area contributed by atoms with Crippen LogP contribution < -0.4 is 10.2 Å². The molecule has 0 heterocycles. The van der Waals surface area contributed by atoms with Crippen molar-refractivity contribution in [1.82, 2.24) is 5.43 Å². The molecule has 7 nitrogen and oxygen atoms in total. The van der Waals surface area contributed by atoms with Crippen molar-refractivity contribution in [3.8, 4) is 5.75 Å². The Morgan fingerprint density at radius 1 is 1.10 bits per heavy atom. The van der Waals surface area contributed by atoms with Gasteiger partial charge in [0.25, 0.3) is 11.6 Å². The highest BCUT2D eigenvalue weighted by Gasteiger charge is 2.09. The van der Waals surface area contributed by atoms with Gasteiger partial charge in [-0.15, -0.1) is 0 Å². The number of aryl methyl sites for hydroxylation is 2. The maximum atomic E-state index is 12.1. The van der Waals surface area contributed by atoms with Crippen LogP contribution in [0, 0.1) is 24.0 Å². The number of nitro groups is 1. The second kappa shape index (κ2) is 9.86. The Morgan fingerprint density at radius 3 is 2.29 bits per heavy atom. The van der Waals surface area contributed by atoms with Crippen molar-refractivity contribution in [3.05, 3.63) is 104 Å². The smallest absolute Gasteiger partial charge is 0.271 e. The monoisotopic (exact) mass is 437 g/mol. The second-order valence-corrected chi connectivity index (χ2v) is 7.34. The summed E-state index contributed by atoms with van der Waals surface area (Å²) in [6, 6.07) is 16.6. The van der Waals surface area contributed by atoms with Gasteiger partial charge in [-0.1, -0.05) is 23.7 Å². The van der Waals surface area contributed by atoms with Gasteiger partial charge >= 0.3 is 0 Å². The number of nitro benzene ring substituents is 1. The van der Waals surface area contributed by atoms with Gasteiger partial charge in [0.1, 0.15) is 12.4 Å². The van der Waals surface area contributed by atoms with Gasteiger partial charge in [-0.25, -0.2) is 5.43 Å². The summed E-state index contributed by atoms with van der Waals surface area (Å²) in [4.78, 5) is 22.3. The van der Waals surface area contributed by atoms with Crippen LogP contribution in [0.3, 0.4) is 0 Å². The van der Waals surface area contributed by atoms with E-state index in [4.69, 9.17) is 16.3 Å². The summed E-state index contributed by atoms with van der Waals surface area (Å²) in [5.41, 5.74) is 6.32. The largest absolute Gasteiger partial charge is 0.488 e. The van der Waals surface area contributed by atoms with Crippen LogP contribution in [0.5, 0.6) is 5.75 Å². The highest BCUT2D eigenvalue weighted by Crippen LogP contribution is 2.25. The van der Waals surface area contributed by atoms with Crippen molar-refractivity contribution in [2.24, 2.45) is 5.10 Å². The molecule has 1 N–H and O–H groups in total. The van der Waals surface area contributed by atoms with Gasteiger partial charge in [-0.05, 0) is 72.5 Å². The Labute approximate surface area is 184 Å². The molecule has 0 atom stereocenters. The van der Waals surface area contributed by atoms with Crippen molar-refractivity contribution in [3.63, 3.8) is 0 Å². The number of hydrazone groups is 1. The van der Waals surface area contributed by atoms with Crippen LogP contribution in [0.2, 0.25) is 5.02 Å². The molecule has 31 heavy (non-hydrogen) atoms. The molecule has 1 amide bonds. The number of ether oxygens (including phenoxy) is 1. The van der Waals surface area contributed by atoms with Gasteiger partial charge in [-0.3, -0.25) is 14.9 Å². The first-order valence-electron chi connectivity index (χ1n) is 9.40. The quantitative estimate of drug-likeness (QED) is 0.312. The fourth-order valence-corrected chi connectivity index (χ4v) is 3.11. The summed E-state index contributed by atoms with van der Waals surface area (Å²) in [7, 11) is 0. The average Bonchev–Trinajstić information content (AvgIpc) is 2.74. The molecule has 3 aromatic rings. The number of nitrogens with zero attached hydrogens (tertiary/aromatic N) is 2. The van der Waals surface area contributed by atoms with E-state index in [0.29, 0.717) is 11.6 Å². The van der Waals surface area contributed by atoms with E-state index in [1.807, 2.05) is 50.2 Å². The molecule has 0 spiro atoms. The molecule has 0 fully saturated rings. The molecule has 0 aliphatic carbocycles. The first kappa shape index (κ1) is 22.0. The maximum absolute atomic E-state index is 12.1. The summed E-state index contributed by atoms with van der Waals surface area (Å²) in [6.07, 6.45) is 1.53. The minimum atomic E-state index is -0.520. The molecule has 0 bridgehead atoms. The van der Waals surface area contributed by atoms with Gasteiger partial charge in [0.2, 0.25) is 0 Å². The van der Waals surface area contributed by atoms with E-state index < -0.39 is 10.8 Å². The molecule has 0 unspecified atom stereocenters. The van der Waals surface area contributed by atoms with E-state index in [0.717, 1.165) is 28.0 Å². The van der Waals surface area contributed by atoms with Crippen molar-refractivity contribution in [2.45, 2.75) is 20.5 Å². The van der Waals surface area contributed by atoms with E-state index in [-0.39, 0.29) is 11.3 Å². The molecule has 3 aromatic carbocycles. The summed E-state index contributed by atoms with van der Waals surface area (Å²) in [6.45, 7) is 4.31. The van der Waals surface area contributed by atoms with Crippen LogP contribution in [-0.2, 0) is 6.61 Å². The van der Waals surface area contributed by atoms with Crippen LogP contribution in [0.4, 0.5) is 5.69 Å². The van der Waals surface area contributed by atoms with Gasteiger partial charge in [0.05, 0.1) is 11.1 Å². The van der Waals surface area contributed by atoms with Crippen LogP contribution in [-0.4, -0.2) is 17.0 Å². The normalized spacial score (nSPS) is 10.8. The van der Waals surface area contributed by atoms with Crippen molar-refractivity contribution < 1.29 is 14.5 Å². The molecule has 0 aliphatic rings. The average molecular weight is 438 g/mol. The lowest BCUT2D eigenvalue weighted by Crippen LogP contribution is -2.17. The molecule has 0 radical (unpaired) electrons. The lowest BCUT2D eigenvalue weighted by Gasteiger charge is -2.13. The first-order chi connectivity index (χ1) is 14.8. The van der Waals surface area contributed by atoms with Crippen LogP contribution in [0.15, 0.2) is 65.8 Å². The van der Waals surface area contributed by atoms with Gasteiger partial charge in [-0.2, -0.15) is 5.10 Å². The predicted octanol–water partition coefficient (Wildman–Crippen LogP) is 5.21. The number of amides is 1. The Balaban J connectivity index is 1.62. The summed E-state index contributed by atoms with van der Waals surface area (Å²) >= 11 is 5.91. The first-order valence-corrected chi connectivity index (χ1v) is 9.77. The fourth-order valence-electron chi connectivity index (χ4n) is 2.99. The Bertz CT molecular complexity index is 1100. The Kier molecular flexibility index (Phi) is 6.99. The van der Waals surface area contributed by atoms with Crippen molar-refractivity contribution in [2.75, 3.05) is 0 Å². The number of rotatable bonds is 7. The third kappa shape index (κ3) is 5.90. The Morgan fingerprint density at radius 2 is 1.71 bits per heavy atom. The molecule has 0 saturated carbocycles. The highest BCUT2D eigenvalue weighted by atomic mass is 35.5. The van der Waals surface area contributed by atoms with Gasteiger partial charge < -0.3 is 4.74 Å². The molecule has 8 heteroatoms. The Hall–Kier alpha value is -3.71. The topological polar surface area (TPSA) is 93.8 Å². The van der Waals surface area contributed by atoms with Gasteiger partial charge in [0, 0.05) is 22.7 Å². The zero-order valence-electron chi connectivity index (χ0n) is 17.0. The fraction of sp³-hybridized carbons (Fsp3) is 0.130. The lowest BCUT2D eigenvalue weighted by atomic mass is 10.1. The molecular weight excluding hydrogens is 418 g/mol. The number of carbonyl (C=O) groups excluding carboxylic acids is 1. The molecule has 158 valence electrons. The maximum Gasteiger partial charge on any atom is 0.271 e. The highest BCUT2D eigenvalue weighted by molar-refractivity contribution is 6.30. The van der Waals surface area contributed by atoms with E-state index in [2.05, 4.69) is 10.5 Å². The third-order valence-corrected chi connectivity index (χ3v) is 4.75. The molecule has 3 rings (SSSR count).